The van der Waals surface area contributed by atoms with E-state index in [-0.39, 0.29) is 17.6 Å². The maximum absolute atomic E-state index is 12.9. The predicted molar refractivity (Wildman–Crippen MR) is 105 cm³/mol. The highest BCUT2D eigenvalue weighted by Gasteiger charge is 2.45. The molecule has 3 fully saturated rings. The Morgan fingerprint density at radius 3 is 2.48 bits per heavy atom. The van der Waals surface area contributed by atoms with Gasteiger partial charge in [-0.2, -0.15) is 0 Å². The zero-order chi connectivity index (χ0) is 18.7. The SMILES string of the molecule is CO[C@@H]1CCCOC12CCN(C(=O)c1ccc(CN3CCCC3)cc1)CC2. The van der Waals surface area contributed by atoms with Crippen molar-refractivity contribution in [2.45, 2.75) is 56.8 Å². The molecule has 148 valence electrons. The summed E-state index contributed by atoms with van der Waals surface area (Å²) in [5.74, 6) is 0.141. The van der Waals surface area contributed by atoms with Gasteiger partial charge in [0, 0.05) is 38.9 Å². The molecule has 0 unspecified atom stereocenters. The highest BCUT2D eigenvalue weighted by atomic mass is 16.5. The molecular formula is C22H32N2O3. The number of methoxy groups -OCH3 is 1. The van der Waals surface area contributed by atoms with E-state index >= 15 is 0 Å². The molecule has 4 rings (SSSR count). The summed E-state index contributed by atoms with van der Waals surface area (Å²) in [6.45, 7) is 5.69. The Labute approximate surface area is 162 Å². The molecule has 0 N–H and O–H groups in total. The van der Waals surface area contributed by atoms with Crippen molar-refractivity contribution in [3.63, 3.8) is 0 Å². The zero-order valence-electron chi connectivity index (χ0n) is 16.5. The smallest absolute Gasteiger partial charge is 0.253 e. The van der Waals surface area contributed by atoms with E-state index in [1.165, 1.54) is 31.5 Å². The van der Waals surface area contributed by atoms with Crippen LogP contribution in [0.3, 0.4) is 0 Å². The van der Waals surface area contributed by atoms with Gasteiger partial charge < -0.3 is 14.4 Å². The van der Waals surface area contributed by atoms with Gasteiger partial charge in [0.15, 0.2) is 0 Å². The van der Waals surface area contributed by atoms with Gasteiger partial charge in [-0.3, -0.25) is 9.69 Å². The van der Waals surface area contributed by atoms with Crippen LogP contribution in [0.1, 0.15) is 54.4 Å². The molecule has 1 aromatic carbocycles. The Morgan fingerprint density at radius 2 is 1.81 bits per heavy atom. The number of hydrogen-bond acceptors (Lipinski definition) is 4. The Morgan fingerprint density at radius 1 is 1.11 bits per heavy atom. The second-order valence-corrected chi connectivity index (χ2v) is 8.25. The number of rotatable bonds is 4. The van der Waals surface area contributed by atoms with Crippen molar-refractivity contribution >= 4 is 5.91 Å². The number of amides is 1. The highest BCUT2D eigenvalue weighted by molar-refractivity contribution is 5.94. The quantitative estimate of drug-likeness (QED) is 0.815. The van der Waals surface area contributed by atoms with Crippen LogP contribution < -0.4 is 0 Å². The lowest BCUT2D eigenvalue weighted by molar-refractivity contribution is -0.183. The summed E-state index contributed by atoms with van der Waals surface area (Å²) in [5, 5.41) is 0. The molecule has 1 spiro atoms. The molecule has 0 saturated carbocycles. The van der Waals surface area contributed by atoms with E-state index in [1.54, 1.807) is 7.11 Å². The lowest BCUT2D eigenvalue weighted by atomic mass is 9.81. The van der Waals surface area contributed by atoms with E-state index < -0.39 is 0 Å². The normalized spacial score (nSPS) is 25.8. The van der Waals surface area contributed by atoms with Crippen LogP contribution in [0.2, 0.25) is 0 Å². The van der Waals surface area contributed by atoms with Gasteiger partial charge in [-0.25, -0.2) is 0 Å². The number of nitrogens with zero attached hydrogens (tertiary/aromatic N) is 2. The van der Waals surface area contributed by atoms with Crippen LogP contribution in [0, 0.1) is 0 Å². The first-order valence-electron chi connectivity index (χ1n) is 10.5. The molecule has 3 heterocycles. The van der Waals surface area contributed by atoms with Gasteiger partial charge >= 0.3 is 0 Å². The molecule has 5 heteroatoms. The molecular weight excluding hydrogens is 340 g/mol. The Kier molecular flexibility index (Phi) is 5.81. The van der Waals surface area contributed by atoms with E-state index in [9.17, 15) is 4.79 Å². The first-order valence-corrected chi connectivity index (χ1v) is 10.5. The zero-order valence-corrected chi connectivity index (χ0v) is 16.5. The summed E-state index contributed by atoms with van der Waals surface area (Å²) in [6.07, 6.45) is 6.62. The molecule has 0 aliphatic carbocycles. The molecule has 0 aromatic heterocycles. The molecule has 1 amide bonds. The minimum absolute atomic E-state index is 0.141. The summed E-state index contributed by atoms with van der Waals surface area (Å²) in [4.78, 5) is 17.4. The summed E-state index contributed by atoms with van der Waals surface area (Å²) < 4.78 is 11.9. The lowest BCUT2D eigenvalue weighted by Crippen LogP contribution is -2.56. The molecule has 5 nitrogen and oxygen atoms in total. The monoisotopic (exact) mass is 372 g/mol. The number of hydrogen-bond donors (Lipinski definition) is 0. The standard InChI is InChI=1S/C22H32N2O3/c1-26-20-5-4-16-27-22(20)10-14-24(15-11-22)21(25)19-8-6-18(7-9-19)17-23-12-2-3-13-23/h6-9,20H,2-5,10-17H2,1H3/t20-/m1/s1. The number of ether oxygens (including phenoxy) is 2. The molecule has 0 bridgehead atoms. The van der Waals surface area contributed by atoms with Crippen LogP contribution in [0.4, 0.5) is 0 Å². The topological polar surface area (TPSA) is 42.0 Å². The van der Waals surface area contributed by atoms with E-state index in [4.69, 9.17) is 9.47 Å². The van der Waals surface area contributed by atoms with Crippen molar-refractivity contribution in [3.8, 4) is 0 Å². The Bertz CT molecular complexity index is 631. The fourth-order valence-corrected chi connectivity index (χ4v) is 4.92. The van der Waals surface area contributed by atoms with Gasteiger partial charge in [-0.15, -0.1) is 0 Å². The van der Waals surface area contributed by atoms with E-state index in [0.29, 0.717) is 0 Å². The second kappa shape index (κ2) is 8.29. The fraction of sp³-hybridized carbons (Fsp3) is 0.682. The van der Waals surface area contributed by atoms with Crippen LogP contribution >= 0.6 is 0 Å². The molecule has 27 heavy (non-hydrogen) atoms. The van der Waals surface area contributed by atoms with Crippen molar-refractivity contribution in [2.75, 3.05) is 39.9 Å². The number of benzene rings is 1. The first kappa shape index (κ1) is 18.9. The van der Waals surface area contributed by atoms with Crippen molar-refractivity contribution in [2.24, 2.45) is 0 Å². The van der Waals surface area contributed by atoms with E-state index in [1.807, 2.05) is 17.0 Å². The van der Waals surface area contributed by atoms with Crippen LogP contribution in [0.25, 0.3) is 0 Å². The van der Waals surface area contributed by atoms with Crippen LogP contribution in [-0.4, -0.2) is 67.3 Å². The molecule has 3 saturated heterocycles. The third kappa shape index (κ3) is 4.05. The van der Waals surface area contributed by atoms with Gasteiger partial charge in [0.25, 0.3) is 5.91 Å². The number of likely N-dealkylation sites (tertiary alicyclic amines) is 2. The van der Waals surface area contributed by atoms with Gasteiger partial charge in [0.1, 0.15) is 0 Å². The Balaban J connectivity index is 1.34. The molecule has 0 radical (unpaired) electrons. The van der Waals surface area contributed by atoms with E-state index in [2.05, 4.69) is 17.0 Å². The molecule has 1 atom stereocenters. The third-order valence-corrected chi connectivity index (χ3v) is 6.57. The third-order valence-electron chi connectivity index (χ3n) is 6.57. The molecule has 3 aliphatic rings. The van der Waals surface area contributed by atoms with Crippen molar-refractivity contribution in [3.05, 3.63) is 35.4 Å². The minimum Gasteiger partial charge on any atom is -0.378 e. The van der Waals surface area contributed by atoms with Gasteiger partial charge in [-0.1, -0.05) is 12.1 Å². The number of carbonyl (C=O) groups excluding carboxylic acids is 1. The summed E-state index contributed by atoms with van der Waals surface area (Å²) in [7, 11) is 1.78. The second-order valence-electron chi connectivity index (χ2n) is 8.25. The molecule has 3 aliphatic heterocycles. The van der Waals surface area contributed by atoms with Crippen molar-refractivity contribution < 1.29 is 14.3 Å². The average molecular weight is 373 g/mol. The minimum atomic E-state index is -0.191. The van der Waals surface area contributed by atoms with Crippen LogP contribution in [0.15, 0.2) is 24.3 Å². The number of carbonyl (C=O) groups is 1. The lowest BCUT2D eigenvalue weighted by Gasteiger charge is -2.48. The van der Waals surface area contributed by atoms with Gasteiger partial charge in [0.05, 0.1) is 11.7 Å². The highest BCUT2D eigenvalue weighted by Crippen LogP contribution is 2.37. The summed E-state index contributed by atoms with van der Waals surface area (Å²) in [5.41, 5.74) is 1.90. The van der Waals surface area contributed by atoms with E-state index in [0.717, 1.165) is 57.5 Å². The first-order chi connectivity index (χ1) is 13.2. The van der Waals surface area contributed by atoms with Gasteiger partial charge in [-0.05, 0) is 69.3 Å². The predicted octanol–water partition coefficient (Wildman–Crippen LogP) is 3.08. The fourth-order valence-electron chi connectivity index (χ4n) is 4.92. The maximum atomic E-state index is 12.9. The number of piperidine rings is 1. The Hall–Kier alpha value is -1.43. The van der Waals surface area contributed by atoms with Gasteiger partial charge in [0.2, 0.25) is 0 Å². The van der Waals surface area contributed by atoms with Crippen molar-refractivity contribution in [1.82, 2.24) is 9.80 Å². The maximum Gasteiger partial charge on any atom is 0.253 e. The summed E-state index contributed by atoms with van der Waals surface area (Å²) in [6, 6.07) is 8.21. The van der Waals surface area contributed by atoms with Crippen LogP contribution in [-0.2, 0) is 16.0 Å². The van der Waals surface area contributed by atoms with Crippen LogP contribution in [0.5, 0.6) is 0 Å². The van der Waals surface area contributed by atoms with Crippen molar-refractivity contribution in [1.29, 1.82) is 0 Å². The summed E-state index contributed by atoms with van der Waals surface area (Å²) >= 11 is 0. The average Bonchev–Trinajstić information content (AvgIpc) is 3.22. The molecule has 1 aromatic rings. The largest absolute Gasteiger partial charge is 0.378 e.